The van der Waals surface area contributed by atoms with Gasteiger partial charge >= 0.3 is 0 Å². The number of amides is 1. The highest BCUT2D eigenvalue weighted by Gasteiger charge is 2.20. The van der Waals surface area contributed by atoms with Crippen LogP contribution in [0, 0.1) is 27.7 Å². The van der Waals surface area contributed by atoms with E-state index in [4.69, 9.17) is 0 Å². The molecule has 0 bridgehead atoms. The minimum Gasteiger partial charge on any atom is -0.348 e. The first kappa shape index (κ1) is 17.0. The highest BCUT2D eigenvalue weighted by atomic mass is 16.1. The van der Waals surface area contributed by atoms with Crippen LogP contribution in [0.15, 0.2) is 30.3 Å². The standard InChI is InChI=1S/C19H23N5O/c1-12-17(14(3)23(5)21-12)11-20-19(25)18-13(2)22-24(15(18)4)16-9-7-6-8-10-16/h6-10H,11H2,1-5H3,(H,20,25). The first-order valence-electron chi connectivity index (χ1n) is 8.29. The third kappa shape index (κ3) is 3.07. The Bertz CT molecular complexity index is 921. The maximum atomic E-state index is 12.7. The average Bonchev–Trinajstić information content (AvgIpc) is 3.02. The Morgan fingerprint density at radius 3 is 2.28 bits per heavy atom. The molecule has 0 aliphatic rings. The van der Waals surface area contributed by atoms with Crippen molar-refractivity contribution in [1.29, 1.82) is 0 Å². The summed E-state index contributed by atoms with van der Waals surface area (Å²) in [5.74, 6) is -0.111. The Kier molecular flexibility index (Phi) is 4.44. The fourth-order valence-electron chi connectivity index (χ4n) is 3.12. The van der Waals surface area contributed by atoms with Gasteiger partial charge in [-0.25, -0.2) is 4.68 Å². The molecule has 0 spiro atoms. The van der Waals surface area contributed by atoms with E-state index in [9.17, 15) is 4.79 Å². The fraction of sp³-hybridized carbons (Fsp3) is 0.316. The van der Waals surface area contributed by atoms with Crippen LogP contribution in [-0.2, 0) is 13.6 Å². The van der Waals surface area contributed by atoms with E-state index >= 15 is 0 Å². The molecule has 0 aliphatic carbocycles. The van der Waals surface area contributed by atoms with E-state index < -0.39 is 0 Å². The Hall–Kier alpha value is -2.89. The van der Waals surface area contributed by atoms with Crippen molar-refractivity contribution in [2.45, 2.75) is 34.2 Å². The van der Waals surface area contributed by atoms with Gasteiger partial charge in [-0.3, -0.25) is 9.48 Å². The molecule has 3 aromatic rings. The van der Waals surface area contributed by atoms with Gasteiger partial charge in [0, 0.05) is 24.8 Å². The van der Waals surface area contributed by atoms with Crippen LogP contribution in [0.5, 0.6) is 0 Å². The molecule has 2 aromatic heterocycles. The summed E-state index contributed by atoms with van der Waals surface area (Å²) in [6.45, 7) is 8.20. The van der Waals surface area contributed by atoms with Gasteiger partial charge in [0.1, 0.15) is 0 Å². The summed E-state index contributed by atoms with van der Waals surface area (Å²) in [5, 5.41) is 11.9. The summed E-state index contributed by atoms with van der Waals surface area (Å²) in [7, 11) is 1.91. The lowest BCUT2D eigenvalue weighted by molar-refractivity contribution is 0.0949. The molecule has 6 heteroatoms. The monoisotopic (exact) mass is 337 g/mol. The van der Waals surface area contributed by atoms with E-state index in [0.29, 0.717) is 12.1 Å². The molecule has 0 saturated heterocycles. The van der Waals surface area contributed by atoms with E-state index in [1.165, 1.54) is 0 Å². The van der Waals surface area contributed by atoms with E-state index in [2.05, 4.69) is 15.5 Å². The van der Waals surface area contributed by atoms with Crippen LogP contribution in [0.25, 0.3) is 5.69 Å². The number of carbonyl (C=O) groups is 1. The molecule has 3 rings (SSSR count). The molecule has 0 radical (unpaired) electrons. The molecule has 25 heavy (non-hydrogen) atoms. The Morgan fingerprint density at radius 1 is 1.00 bits per heavy atom. The average molecular weight is 337 g/mol. The maximum absolute atomic E-state index is 12.7. The van der Waals surface area contributed by atoms with Gasteiger partial charge in [0.2, 0.25) is 0 Å². The van der Waals surface area contributed by atoms with Gasteiger partial charge in [-0.05, 0) is 39.8 Å². The predicted octanol–water partition coefficient (Wildman–Crippen LogP) is 2.77. The van der Waals surface area contributed by atoms with Crippen LogP contribution in [-0.4, -0.2) is 25.5 Å². The SMILES string of the molecule is Cc1nn(C)c(C)c1CNC(=O)c1c(C)nn(-c2ccccc2)c1C. The molecule has 0 fully saturated rings. The molecule has 0 unspecified atom stereocenters. The lowest BCUT2D eigenvalue weighted by Crippen LogP contribution is -2.24. The number of carbonyl (C=O) groups excluding carboxylic acids is 1. The first-order chi connectivity index (χ1) is 11.9. The van der Waals surface area contributed by atoms with Crippen molar-refractivity contribution in [2.24, 2.45) is 7.05 Å². The fourth-order valence-corrected chi connectivity index (χ4v) is 3.12. The number of nitrogens with zero attached hydrogens (tertiary/aromatic N) is 4. The van der Waals surface area contributed by atoms with Gasteiger partial charge in [-0.2, -0.15) is 10.2 Å². The molecule has 1 N–H and O–H groups in total. The lowest BCUT2D eigenvalue weighted by atomic mass is 10.1. The molecule has 2 heterocycles. The zero-order valence-corrected chi connectivity index (χ0v) is 15.3. The smallest absolute Gasteiger partial charge is 0.255 e. The zero-order chi connectivity index (χ0) is 18.1. The molecule has 1 aromatic carbocycles. The summed E-state index contributed by atoms with van der Waals surface area (Å²) in [6.07, 6.45) is 0. The molecular weight excluding hydrogens is 314 g/mol. The maximum Gasteiger partial charge on any atom is 0.255 e. The second-order valence-corrected chi connectivity index (χ2v) is 6.25. The number of hydrogen-bond donors (Lipinski definition) is 1. The Balaban J connectivity index is 1.84. The Morgan fingerprint density at radius 2 is 1.68 bits per heavy atom. The van der Waals surface area contributed by atoms with Crippen molar-refractivity contribution in [2.75, 3.05) is 0 Å². The van der Waals surface area contributed by atoms with E-state index in [-0.39, 0.29) is 5.91 Å². The van der Waals surface area contributed by atoms with Gasteiger partial charge in [0.05, 0.1) is 28.3 Å². The molecular formula is C19H23N5O. The van der Waals surface area contributed by atoms with Crippen LogP contribution in [0.2, 0.25) is 0 Å². The predicted molar refractivity (Wildman–Crippen MR) is 96.9 cm³/mol. The number of para-hydroxylation sites is 1. The summed E-state index contributed by atoms with van der Waals surface area (Å²) < 4.78 is 3.64. The molecule has 130 valence electrons. The normalized spacial score (nSPS) is 10.9. The van der Waals surface area contributed by atoms with Gasteiger partial charge in [0.15, 0.2) is 0 Å². The second kappa shape index (κ2) is 6.55. The third-order valence-electron chi connectivity index (χ3n) is 4.60. The minimum atomic E-state index is -0.111. The molecule has 0 aliphatic heterocycles. The molecule has 6 nitrogen and oxygen atoms in total. The largest absolute Gasteiger partial charge is 0.348 e. The lowest BCUT2D eigenvalue weighted by Gasteiger charge is -2.07. The van der Waals surface area contributed by atoms with Crippen molar-refractivity contribution in [3.63, 3.8) is 0 Å². The van der Waals surface area contributed by atoms with Crippen LogP contribution in [0.1, 0.15) is 38.7 Å². The van der Waals surface area contributed by atoms with Crippen LogP contribution in [0.4, 0.5) is 0 Å². The van der Waals surface area contributed by atoms with Gasteiger partial charge in [-0.1, -0.05) is 18.2 Å². The number of benzene rings is 1. The van der Waals surface area contributed by atoms with Crippen molar-refractivity contribution in [3.05, 3.63) is 64.2 Å². The summed E-state index contributed by atoms with van der Waals surface area (Å²) in [5.41, 5.74) is 6.19. The van der Waals surface area contributed by atoms with Gasteiger partial charge in [-0.15, -0.1) is 0 Å². The number of aryl methyl sites for hydroxylation is 3. The minimum absolute atomic E-state index is 0.111. The number of aromatic nitrogens is 4. The molecule has 0 saturated carbocycles. The second-order valence-electron chi connectivity index (χ2n) is 6.25. The quantitative estimate of drug-likeness (QED) is 0.796. The summed E-state index contributed by atoms with van der Waals surface area (Å²) >= 11 is 0. The molecule has 1 amide bonds. The topological polar surface area (TPSA) is 64.7 Å². The van der Waals surface area contributed by atoms with E-state index in [1.54, 1.807) is 0 Å². The number of nitrogens with one attached hydrogen (secondary N) is 1. The van der Waals surface area contributed by atoms with Crippen molar-refractivity contribution >= 4 is 5.91 Å². The van der Waals surface area contributed by atoms with Gasteiger partial charge < -0.3 is 5.32 Å². The molecule has 0 atom stereocenters. The van der Waals surface area contributed by atoms with E-state index in [0.717, 1.165) is 34.0 Å². The third-order valence-corrected chi connectivity index (χ3v) is 4.60. The van der Waals surface area contributed by atoms with Crippen LogP contribution >= 0.6 is 0 Å². The summed E-state index contributed by atoms with van der Waals surface area (Å²) in [6, 6.07) is 9.83. The highest BCUT2D eigenvalue weighted by Crippen LogP contribution is 2.18. The van der Waals surface area contributed by atoms with Crippen molar-refractivity contribution in [1.82, 2.24) is 24.9 Å². The number of rotatable bonds is 4. The highest BCUT2D eigenvalue weighted by molar-refractivity contribution is 5.96. The first-order valence-corrected chi connectivity index (χ1v) is 8.29. The van der Waals surface area contributed by atoms with E-state index in [1.807, 2.05) is 74.4 Å². The number of hydrogen-bond acceptors (Lipinski definition) is 3. The van der Waals surface area contributed by atoms with Gasteiger partial charge in [0.25, 0.3) is 5.91 Å². The zero-order valence-electron chi connectivity index (χ0n) is 15.3. The van der Waals surface area contributed by atoms with Crippen LogP contribution in [0.3, 0.4) is 0 Å². The van der Waals surface area contributed by atoms with Crippen molar-refractivity contribution in [3.8, 4) is 5.69 Å². The Labute approximate surface area is 147 Å². The summed E-state index contributed by atoms with van der Waals surface area (Å²) in [4.78, 5) is 12.7. The van der Waals surface area contributed by atoms with Crippen LogP contribution < -0.4 is 5.32 Å². The van der Waals surface area contributed by atoms with Crippen molar-refractivity contribution < 1.29 is 4.79 Å².